The summed E-state index contributed by atoms with van der Waals surface area (Å²) in [5.41, 5.74) is 3.88. The third-order valence-electron chi connectivity index (χ3n) is 6.54. The molecule has 5 rings (SSSR count). The fraction of sp³-hybridized carbons (Fsp3) is 0.520. The van der Waals surface area contributed by atoms with Crippen LogP contribution in [0.1, 0.15) is 27.4 Å². The molecule has 2 aliphatic heterocycles. The summed E-state index contributed by atoms with van der Waals surface area (Å²) >= 11 is 1.76. The first-order chi connectivity index (χ1) is 16.2. The smallest absolute Gasteiger partial charge is 0.146 e. The SMILES string of the molecule is Cc1sc2nc(CN3CCOCC3)nc(NCc3ccc(CN4CCOCC4)cc3)c2c1C. The van der Waals surface area contributed by atoms with Crippen molar-refractivity contribution in [3.63, 3.8) is 0 Å². The van der Waals surface area contributed by atoms with Crippen molar-refractivity contribution in [3.8, 4) is 0 Å². The van der Waals surface area contributed by atoms with Crippen molar-refractivity contribution >= 4 is 27.4 Å². The highest BCUT2D eigenvalue weighted by molar-refractivity contribution is 7.18. The number of hydrogen-bond acceptors (Lipinski definition) is 8. The fourth-order valence-electron chi connectivity index (χ4n) is 4.42. The van der Waals surface area contributed by atoms with Crippen molar-refractivity contribution in [2.24, 2.45) is 0 Å². The molecule has 4 heterocycles. The fourth-order valence-corrected chi connectivity index (χ4v) is 5.47. The van der Waals surface area contributed by atoms with E-state index in [2.05, 4.69) is 53.2 Å². The molecule has 1 aromatic carbocycles. The van der Waals surface area contributed by atoms with Crippen LogP contribution in [-0.4, -0.2) is 72.4 Å². The maximum Gasteiger partial charge on any atom is 0.146 e. The number of nitrogens with zero attached hydrogens (tertiary/aromatic N) is 4. The first-order valence-corrected chi connectivity index (χ1v) is 12.7. The zero-order valence-corrected chi connectivity index (χ0v) is 20.4. The van der Waals surface area contributed by atoms with Gasteiger partial charge < -0.3 is 14.8 Å². The summed E-state index contributed by atoms with van der Waals surface area (Å²) in [6, 6.07) is 8.93. The number of aromatic nitrogens is 2. The predicted octanol–water partition coefficient (Wildman–Crippen LogP) is 3.58. The number of benzene rings is 1. The number of thiophene rings is 1. The summed E-state index contributed by atoms with van der Waals surface area (Å²) in [7, 11) is 0. The van der Waals surface area contributed by atoms with Crippen molar-refractivity contribution in [1.82, 2.24) is 19.8 Å². The molecule has 176 valence electrons. The number of rotatable bonds is 7. The molecular weight excluding hydrogens is 434 g/mol. The second-order valence-electron chi connectivity index (χ2n) is 8.90. The van der Waals surface area contributed by atoms with Crippen LogP contribution in [0.15, 0.2) is 24.3 Å². The van der Waals surface area contributed by atoms with Gasteiger partial charge in [0, 0.05) is 44.1 Å². The lowest BCUT2D eigenvalue weighted by Gasteiger charge is -2.26. The zero-order valence-electron chi connectivity index (χ0n) is 19.6. The number of morpholine rings is 2. The third-order valence-corrected chi connectivity index (χ3v) is 7.64. The Kier molecular flexibility index (Phi) is 7.18. The maximum atomic E-state index is 5.49. The monoisotopic (exact) mass is 467 g/mol. The molecule has 1 N–H and O–H groups in total. The minimum Gasteiger partial charge on any atom is -0.379 e. The standard InChI is InChI=1S/C25H33N5O2S/c1-18-19(2)33-25-23(18)24(27-22(28-25)17-30-9-13-32-14-10-30)26-15-20-3-5-21(6-4-20)16-29-7-11-31-12-8-29/h3-6H,7-17H2,1-2H3,(H,26,27,28). The van der Waals surface area contributed by atoms with Crippen molar-refractivity contribution in [3.05, 3.63) is 51.7 Å². The molecule has 2 fully saturated rings. The minimum atomic E-state index is 0.745. The van der Waals surface area contributed by atoms with Crippen LogP contribution in [0, 0.1) is 13.8 Å². The molecule has 0 bridgehead atoms. The molecule has 2 aromatic heterocycles. The molecule has 8 heteroatoms. The van der Waals surface area contributed by atoms with Gasteiger partial charge in [-0.2, -0.15) is 0 Å². The van der Waals surface area contributed by atoms with E-state index in [0.29, 0.717) is 0 Å². The number of fused-ring (bicyclic) bond motifs is 1. The van der Waals surface area contributed by atoms with E-state index in [1.165, 1.54) is 21.6 Å². The quantitative estimate of drug-likeness (QED) is 0.570. The zero-order chi connectivity index (χ0) is 22.6. The number of anilines is 1. The summed E-state index contributed by atoms with van der Waals surface area (Å²) in [6.07, 6.45) is 0. The van der Waals surface area contributed by atoms with Crippen molar-refractivity contribution < 1.29 is 9.47 Å². The summed E-state index contributed by atoms with van der Waals surface area (Å²) in [5.74, 6) is 1.83. The van der Waals surface area contributed by atoms with Crippen LogP contribution in [0.2, 0.25) is 0 Å². The van der Waals surface area contributed by atoms with E-state index < -0.39 is 0 Å². The van der Waals surface area contributed by atoms with E-state index in [4.69, 9.17) is 19.4 Å². The lowest BCUT2D eigenvalue weighted by molar-refractivity contribution is 0.0331. The Labute approximate surface area is 199 Å². The summed E-state index contributed by atoms with van der Waals surface area (Å²) < 4.78 is 10.9. The molecule has 2 aliphatic rings. The predicted molar refractivity (Wildman–Crippen MR) is 133 cm³/mol. The Hall–Kier alpha value is -2.10. The van der Waals surface area contributed by atoms with E-state index in [1.54, 1.807) is 11.3 Å². The highest BCUT2D eigenvalue weighted by Crippen LogP contribution is 2.33. The van der Waals surface area contributed by atoms with E-state index >= 15 is 0 Å². The molecule has 0 unspecified atom stereocenters. The van der Waals surface area contributed by atoms with Gasteiger partial charge in [0.15, 0.2) is 0 Å². The molecule has 7 nitrogen and oxygen atoms in total. The molecule has 0 saturated carbocycles. The molecule has 0 amide bonds. The number of nitrogens with one attached hydrogen (secondary N) is 1. The average molecular weight is 468 g/mol. The van der Waals surface area contributed by atoms with Gasteiger partial charge in [-0.15, -0.1) is 11.3 Å². The average Bonchev–Trinajstić information content (AvgIpc) is 3.13. The Morgan fingerprint density at radius 3 is 2.12 bits per heavy atom. The lowest BCUT2D eigenvalue weighted by atomic mass is 10.1. The van der Waals surface area contributed by atoms with Gasteiger partial charge in [0.1, 0.15) is 16.5 Å². The number of ether oxygens (including phenoxy) is 2. The van der Waals surface area contributed by atoms with Crippen molar-refractivity contribution in [2.75, 3.05) is 57.9 Å². The Morgan fingerprint density at radius 1 is 0.848 bits per heavy atom. The van der Waals surface area contributed by atoms with E-state index in [9.17, 15) is 0 Å². The maximum absolute atomic E-state index is 5.49. The topological polar surface area (TPSA) is 62.8 Å². The van der Waals surface area contributed by atoms with Gasteiger partial charge in [0.05, 0.1) is 38.4 Å². The molecule has 0 spiro atoms. The first kappa shape index (κ1) is 22.7. The molecule has 0 atom stereocenters. The van der Waals surface area contributed by atoms with Crippen LogP contribution in [-0.2, 0) is 29.1 Å². The van der Waals surface area contributed by atoms with Gasteiger partial charge in [-0.3, -0.25) is 9.80 Å². The van der Waals surface area contributed by atoms with Gasteiger partial charge >= 0.3 is 0 Å². The van der Waals surface area contributed by atoms with Crippen molar-refractivity contribution in [1.29, 1.82) is 0 Å². The molecular formula is C25H33N5O2S. The van der Waals surface area contributed by atoms with Crippen LogP contribution in [0.5, 0.6) is 0 Å². The van der Waals surface area contributed by atoms with Gasteiger partial charge in [-0.05, 0) is 30.5 Å². The Morgan fingerprint density at radius 2 is 1.45 bits per heavy atom. The van der Waals surface area contributed by atoms with Crippen LogP contribution < -0.4 is 5.32 Å². The first-order valence-electron chi connectivity index (χ1n) is 11.8. The normalized spacial score (nSPS) is 18.1. The molecule has 0 radical (unpaired) electrons. The highest BCUT2D eigenvalue weighted by Gasteiger charge is 2.18. The summed E-state index contributed by atoms with van der Waals surface area (Å²) in [4.78, 5) is 17.1. The molecule has 33 heavy (non-hydrogen) atoms. The van der Waals surface area contributed by atoms with Gasteiger partial charge in [0.2, 0.25) is 0 Å². The van der Waals surface area contributed by atoms with Gasteiger partial charge in [-0.25, -0.2) is 9.97 Å². The highest BCUT2D eigenvalue weighted by atomic mass is 32.1. The number of aryl methyl sites for hydroxylation is 2. The van der Waals surface area contributed by atoms with Crippen LogP contribution in [0.25, 0.3) is 10.2 Å². The second-order valence-corrected chi connectivity index (χ2v) is 10.1. The molecule has 3 aromatic rings. The van der Waals surface area contributed by atoms with E-state index in [0.717, 1.165) is 94.1 Å². The third kappa shape index (κ3) is 5.53. The van der Waals surface area contributed by atoms with Crippen LogP contribution >= 0.6 is 11.3 Å². The Balaban J connectivity index is 1.30. The van der Waals surface area contributed by atoms with E-state index in [1.807, 2.05) is 0 Å². The van der Waals surface area contributed by atoms with E-state index in [-0.39, 0.29) is 0 Å². The number of hydrogen-bond donors (Lipinski definition) is 1. The minimum absolute atomic E-state index is 0.745. The lowest BCUT2D eigenvalue weighted by Crippen LogP contribution is -2.36. The van der Waals surface area contributed by atoms with Gasteiger partial charge in [0.25, 0.3) is 0 Å². The summed E-state index contributed by atoms with van der Waals surface area (Å²) in [5, 5.41) is 4.78. The molecule has 2 saturated heterocycles. The van der Waals surface area contributed by atoms with Crippen LogP contribution in [0.4, 0.5) is 5.82 Å². The van der Waals surface area contributed by atoms with Crippen LogP contribution in [0.3, 0.4) is 0 Å². The largest absolute Gasteiger partial charge is 0.379 e. The van der Waals surface area contributed by atoms with Gasteiger partial charge in [-0.1, -0.05) is 24.3 Å². The Bertz CT molecular complexity index is 1070. The second kappa shape index (κ2) is 10.4. The van der Waals surface area contributed by atoms with Crippen molar-refractivity contribution in [2.45, 2.75) is 33.5 Å². The molecule has 0 aliphatic carbocycles. The summed E-state index contributed by atoms with van der Waals surface area (Å²) in [6.45, 7) is 14.0.